The summed E-state index contributed by atoms with van der Waals surface area (Å²) < 4.78 is 5.65. The molecule has 1 aliphatic rings. The molecule has 3 amide bonds. The van der Waals surface area contributed by atoms with E-state index >= 15 is 0 Å². The van der Waals surface area contributed by atoms with Gasteiger partial charge in [-0.25, -0.2) is 9.80 Å². The Bertz CT molecular complexity index is 1500. The third kappa shape index (κ3) is 9.16. The zero-order valence-electron chi connectivity index (χ0n) is 26.6. The van der Waals surface area contributed by atoms with E-state index in [2.05, 4.69) is 32.0 Å². The quantitative estimate of drug-likeness (QED) is 0.179. The van der Waals surface area contributed by atoms with E-state index in [1.54, 1.807) is 5.01 Å². The molecule has 0 aromatic heterocycles. The van der Waals surface area contributed by atoms with Crippen LogP contribution in [0.2, 0.25) is 0 Å². The summed E-state index contributed by atoms with van der Waals surface area (Å²) in [5.41, 5.74) is 3.76. The number of aliphatic hydroxyl groups is 2. The van der Waals surface area contributed by atoms with E-state index in [1.807, 2.05) is 99.6 Å². The van der Waals surface area contributed by atoms with Gasteiger partial charge in [0.15, 0.2) is 0 Å². The maximum atomic E-state index is 14.0. The Labute approximate surface area is 278 Å². The molecule has 5 N–H and O–H groups in total. The number of methoxy groups -OCH3 is 1. The lowest BCUT2D eigenvalue weighted by molar-refractivity contribution is -0.143. The number of carbonyl (C=O) groups excluding carboxylic acids is 3. The van der Waals surface area contributed by atoms with Crippen LogP contribution in [0.1, 0.15) is 55.5 Å². The van der Waals surface area contributed by atoms with E-state index < -0.39 is 47.1 Å². The summed E-state index contributed by atoms with van der Waals surface area (Å²) in [5.74, 6) is -1.09. The molecular weight excluding hydrogens is 652 g/mol. The molecule has 0 spiro atoms. The van der Waals surface area contributed by atoms with E-state index in [0.717, 1.165) is 26.7 Å². The van der Waals surface area contributed by atoms with Gasteiger partial charge in [-0.3, -0.25) is 15.0 Å². The average molecular weight is 696 g/mol. The topological polar surface area (TPSA) is 140 Å². The normalized spacial score (nSPS) is 17.8. The fraction of sp³-hybridized carbons (Fsp3) is 0.400. The number of nitrogens with zero attached hydrogens (tertiary/aromatic N) is 1. The molecule has 11 heteroatoms. The highest BCUT2D eigenvalue weighted by Crippen LogP contribution is 2.32. The van der Waals surface area contributed by atoms with Crippen LogP contribution in [0, 0.1) is 5.41 Å². The molecule has 3 aromatic carbocycles. The Hall–Kier alpha value is -3.77. The van der Waals surface area contributed by atoms with Crippen LogP contribution in [0.5, 0.6) is 0 Å². The monoisotopic (exact) mass is 694 g/mol. The number of fused-ring (bicyclic) bond motifs is 1. The van der Waals surface area contributed by atoms with Crippen molar-refractivity contribution in [3.05, 3.63) is 106 Å². The molecule has 4 atom stereocenters. The number of benzene rings is 3. The number of aliphatic hydroxyl groups excluding tert-OH is 1. The smallest absolute Gasteiger partial charge is 0.407 e. The number of hydrogen-bond acceptors (Lipinski definition) is 7. The van der Waals surface area contributed by atoms with Crippen LogP contribution >= 0.6 is 15.9 Å². The van der Waals surface area contributed by atoms with Crippen molar-refractivity contribution in [3.8, 4) is 0 Å². The summed E-state index contributed by atoms with van der Waals surface area (Å²) in [4.78, 5) is 39.7. The van der Waals surface area contributed by atoms with E-state index in [9.17, 15) is 24.6 Å². The first kappa shape index (κ1) is 35.1. The predicted octanol–water partition coefficient (Wildman–Crippen LogP) is 4.19. The Kier molecular flexibility index (Phi) is 11.6. The Balaban J connectivity index is 1.60. The standard InChI is InChI=1S/C35H43BrN4O6/c1-34(2,3)30(38-33(44)46-4)31(42)39-40(22-24-14-16-26(36)17-15-24)19-18-35(45,21-23-10-6-5-7-11-23)32(43)37-29-27-13-9-8-12-25(27)20-28(29)41/h5-17,28-30,41,45H,18-22H2,1-4H3,(H,37,43)(H,38,44)(H,39,42)/t28-,29?,30?,35+/m1/s1. The number of hydrogen-bond donors (Lipinski definition) is 5. The maximum absolute atomic E-state index is 14.0. The van der Waals surface area contributed by atoms with Crippen molar-refractivity contribution in [1.82, 2.24) is 21.1 Å². The van der Waals surface area contributed by atoms with E-state index in [0.29, 0.717) is 6.42 Å². The highest BCUT2D eigenvalue weighted by atomic mass is 79.9. The van der Waals surface area contributed by atoms with Gasteiger partial charge in [0.25, 0.3) is 11.8 Å². The molecular formula is C35H43BrN4O6. The molecule has 0 aliphatic heterocycles. The van der Waals surface area contributed by atoms with Gasteiger partial charge in [0, 0.05) is 36.8 Å². The molecule has 246 valence electrons. The van der Waals surface area contributed by atoms with Gasteiger partial charge in [-0.1, -0.05) is 103 Å². The number of halogens is 1. The fourth-order valence-electron chi connectivity index (χ4n) is 5.62. The number of hydrazine groups is 1. The summed E-state index contributed by atoms with van der Waals surface area (Å²) in [6, 6.07) is 22.7. The number of rotatable bonds is 12. The van der Waals surface area contributed by atoms with E-state index in [4.69, 9.17) is 4.74 Å². The lowest BCUT2D eigenvalue weighted by Crippen LogP contribution is -2.58. The number of carbonyl (C=O) groups is 3. The van der Waals surface area contributed by atoms with Crippen LogP contribution in [-0.4, -0.2) is 64.5 Å². The minimum absolute atomic E-state index is 0.0126. The lowest BCUT2D eigenvalue weighted by atomic mass is 9.86. The highest BCUT2D eigenvalue weighted by Gasteiger charge is 2.41. The molecule has 46 heavy (non-hydrogen) atoms. The largest absolute Gasteiger partial charge is 0.453 e. The summed E-state index contributed by atoms with van der Waals surface area (Å²) in [6.07, 6.45) is -1.20. The van der Waals surface area contributed by atoms with Crippen molar-refractivity contribution in [3.63, 3.8) is 0 Å². The van der Waals surface area contributed by atoms with Crippen LogP contribution in [0.15, 0.2) is 83.3 Å². The zero-order valence-corrected chi connectivity index (χ0v) is 28.2. The second-order valence-electron chi connectivity index (χ2n) is 12.8. The second-order valence-corrected chi connectivity index (χ2v) is 13.7. The van der Waals surface area contributed by atoms with Gasteiger partial charge in [-0.15, -0.1) is 0 Å². The summed E-state index contributed by atoms with van der Waals surface area (Å²) in [5, 5.41) is 30.1. The fourth-order valence-corrected chi connectivity index (χ4v) is 5.88. The number of amides is 3. The molecule has 0 saturated carbocycles. The van der Waals surface area contributed by atoms with E-state index in [1.165, 1.54) is 7.11 Å². The lowest BCUT2D eigenvalue weighted by Gasteiger charge is -2.35. The van der Waals surface area contributed by atoms with Crippen LogP contribution in [0.4, 0.5) is 4.79 Å². The number of ether oxygens (including phenoxy) is 1. The minimum atomic E-state index is -1.89. The summed E-state index contributed by atoms with van der Waals surface area (Å²) >= 11 is 3.45. The van der Waals surface area contributed by atoms with Gasteiger partial charge in [-0.2, -0.15) is 0 Å². The van der Waals surface area contributed by atoms with Gasteiger partial charge in [0.05, 0.1) is 19.3 Å². The predicted molar refractivity (Wildman–Crippen MR) is 178 cm³/mol. The Morgan fingerprint density at radius 2 is 1.63 bits per heavy atom. The molecule has 0 saturated heterocycles. The number of nitrogens with one attached hydrogen (secondary N) is 3. The average Bonchev–Trinajstić information content (AvgIpc) is 3.33. The first-order valence-electron chi connectivity index (χ1n) is 15.3. The van der Waals surface area contributed by atoms with Gasteiger partial charge >= 0.3 is 6.09 Å². The molecule has 0 radical (unpaired) electrons. The summed E-state index contributed by atoms with van der Waals surface area (Å²) in [7, 11) is 1.23. The Morgan fingerprint density at radius 1 is 0.978 bits per heavy atom. The van der Waals surface area contributed by atoms with Crippen molar-refractivity contribution in [2.24, 2.45) is 5.41 Å². The SMILES string of the molecule is COC(=O)NC(C(=O)NN(CC[C@](O)(Cc1ccccc1)C(=O)NC1c2ccccc2C[C@H]1O)Cc1ccc(Br)cc1)C(C)(C)C. The molecule has 1 aliphatic carbocycles. The first-order valence-corrected chi connectivity index (χ1v) is 16.1. The van der Waals surface area contributed by atoms with Crippen molar-refractivity contribution < 1.29 is 29.3 Å². The zero-order chi connectivity index (χ0) is 33.5. The van der Waals surface area contributed by atoms with Gasteiger partial charge in [0.2, 0.25) is 0 Å². The Morgan fingerprint density at radius 3 is 2.28 bits per heavy atom. The molecule has 2 unspecified atom stereocenters. The van der Waals surface area contributed by atoms with Gasteiger partial charge in [0.1, 0.15) is 11.6 Å². The molecule has 10 nitrogen and oxygen atoms in total. The van der Waals surface area contributed by atoms with Crippen molar-refractivity contribution in [2.45, 2.75) is 70.4 Å². The first-order chi connectivity index (χ1) is 21.8. The third-order valence-electron chi connectivity index (χ3n) is 8.18. The molecule has 4 rings (SSSR count). The van der Waals surface area contributed by atoms with Crippen molar-refractivity contribution in [1.29, 1.82) is 0 Å². The highest BCUT2D eigenvalue weighted by molar-refractivity contribution is 9.10. The van der Waals surface area contributed by atoms with Gasteiger partial charge < -0.3 is 25.6 Å². The van der Waals surface area contributed by atoms with Gasteiger partial charge in [-0.05, 0) is 39.8 Å². The van der Waals surface area contributed by atoms with Crippen LogP contribution in [0.3, 0.4) is 0 Å². The van der Waals surface area contributed by atoms with Crippen LogP contribution < -0.4 is 16.1 Å². The maximum Gasteiger partial charge on any atom is 0.407 e. The van der Waals surface area contributed by atoms with Crippen molar-refractivity contribution >= 4 is 33.8 Å². The number of alkyl carbamates (subject to hydrolysis) is 1. The minimum Gasteiger partial charge on any atom is -0.453 e. The van der Waals surface area contributed by atoms with Crippen LogP contribution in [-0.2, 0) is 33.7 Å². The summed E-state index contributed by atoms with van der Waals surface area (Å²) in [6.45, 7) is 5.81. The molecule has 0 bridgehead atoms. The molecule has 0 heterocycles. The van der Waals surface area contributed by atoms with Crippen LogP contribution in [0.25, 0.3) is 0 Å². The molecule has 3 aromatic rings. The van der Waals surface area contributed by atoms with E-state index in [-0.39, 0.29) is 25.9 Å². The molecule has 0 fully saturated rings. The third-order valence-corrected chi connectivity index (χ3v) is 8.71. The second kappa shape index (κ2) is 15.2. The van der Waals surface area contributed by atoms with Crippen molar-refractivity contribution in [2.75, 3.05) is 13.7 Å².